The number of nitrogens with one attached hydrogen (secondary N) is 2. The fraction of sp³-hybridized carbons (Fsp3) is 0.500. The van der Waals surface area contributed by atoms with Gasteiger partial charge in [-0.15, -0.1) is 0 Å². The number of anilines is 1. The maximum atomic E-state index is 11.7. The van der Waals surface area contributed by atoms with Gasteiger partial charge < -0.3 is 15.4 Å². The molecule has 1 amide bonds. The molecular formula is C14H19ClN2O2. The summed E-state index contributed by atoms with van der Waals surface area (Å²) in [6.45, 7) is 2.86. The zero-order valence-corrected chi connectivity index (χ0v) is 11.6. The van der Waals surface area contributed by atoms with Crippen LogP contribution in [0.1, 0.15) is 12.8 Å². The van der Waals surface area contributed by atoms with Crippen LogP contribution in [0.4, 0.5) is 5.69 Å². The molecule has 0 saturated carbocycles. The van der Waals surface area contributed by atoms with Crippen molar-refractivity contribution in [1.29, 1.82) is 0 Å². The molecule has 1 fully saturated rings. The lowest BCUT2D eigenvalue weighted by Crippen LogP contribution is -2.19. The van der Waals surface area contributed by atoms with E-state index in [9.17, 15) is 4.79 Å². The van der Waals surface area contributed by atoms with E-state index in [-0.39, 0.29) is 12.5 Å². The highest BCUT2D eigenvalue weighted by atomic mass is 35.5. The first-order chi connectivity index (χ1) is 9.25. The van der Waals surface area contributed by atoms with Gasteiger partial charge in [-0.3, -0.25) is 4.79 Å². The molecule has 1 aliphatic heterocycles. The fourth-order valence-electron chi connectivity index (χ4n) is 2.12. The Hall–Kier alpha value is -1.10. The lowest BCUT2D eigenvalue weighted by molar-refractivity contribution is -0.120. The van der Waals surface area contributed by atoms with E-state index in [1.165, 1.54) is 6.42 Å². The first kappa shape index (κ1) is 14.3. The van der Waals surface area contributed by atoms with Crippen molar-refractivity contribution < 1.29 is 9.53 Å². The van der Waals surface area contributed by atoms with Crippen molar-refractivity contribution in [1.82, 2.24) is 5.32 Å². The molecular weight excluding hydrogens is 264 g/mol. The minimum Gasteiger partial charge on any atom is -0.372 e. The van der Waals surface area contributed by atoms with Gasteiger partial charge >= 0.3 is 0 Å². The normalized spacial score (nSPS) is 18.5. The van der Waals surface area contributed by atoms with E-state index in [1.54, 1.807) is 12.1 Å². The van der Waals surface area contributed by atoms with Crippen LogP contribution in [0.3, 0.4) is 0 Å². The predicted octanol–water partition coefficient (Wildman–Crippen LogP) is 2.29. The Bertz CT molecular complexity index is 420. The Balaban J connectivity index is 1.63. The highest BCUT2D eigenvalue weighted by molar-refractivity contribution is 6.33. The average molecular weight is 283 g/mol. The largest absolute Gasteiger partial charge is 0.372 e. The van der Waals surface area contributed by atoms with Gasteiger partial charge in [0.05, 0.1) is 10.7 Å². The third-order valence-electron chi connectivity index (χ3n) is 3.21. The number of benzene rings is 1. The van der Waals surface area contributed by atoms with Crippen LogP contribution in [0.2, 0.25) is 5.02 Å². The molecule has 0 aromatic heterocycles. The van der Waals surface area contributed by atoms with Crippen LogP contribution in [0.25, 0.3) is 0 Å². The second-order valence-electron chi connectivity index (χ2n) is 4.73. The number of amides is 1. The van der Waals surface area contributed by atoms with E-state index in [4.69, 9.17) is 16.3 Å². The van der Waals surface area contributed by atoms with Crippen LogP contribution in [0.15, 0.2) is 24.3 Å². The van der Waals surface area contributed by atoms with E-state index < -0.39 is 0 Å². The summed E-state index contributed by atoms with van der Waals surface area (Å²) < 4.78 is 5.39. The molecule has 19 heavy (non-hydrogen) atoms. The third-order valence-corrected chi connectivity index (χ3v) is 3.54. The number of carbonyl (C=O) groups excluding carboxylic acids is 1. The van der Waals surface area contributed by atoms with E-state index >= 15 is 0 Å². The minimum atomic E-state index is -0.169. The second-order valence-corrected chi connectivity index (χ2v) is 5.14. The average Bonchev–Trinajstić information content (AvgIpc) is 2.91. The molecule has 1 heterocycles. The summed E-state index contributed by atoms with van der Waals surface area (Å²) in [6.07, 6.45) is 2.21. The molecule has 0 aliphatic carbocycles. The molecule has 0 spiro atoms. The molecule has 1 unspecified atom stereocenters. The van der Waals surface area contributed by atoms with Crippen molar-refractivity contribution in [3.63, 3.8) is 0 Å². The Morgan fingerprint density at radius 3 is 3.05 bits per heavy atom. The number of rotatable bonds is 6. The van der Waals surface area contributed by atoms with Crippen LogP contribution in [-0.4, -0.2) is 32.2 Å². The van der Waals surface area contributed by atoms with Crippen molar-refractivity contribution in [2.24, 2.45) is 5.92 Å². The number of carbonyl (C=O) groups is 1. The molecule has 1 aliphatic rings. The summed E-state index contributed by atoms with van der Waals surface area (Å²) in [6, 6.07) is 7.16. The first-order valence-electron chi connectivity index (χ1n) is 6.58. The van der Waals surface area contributed by atoms with Crippen molar-refractivity contribution in [2.75, 3.05) is 31.6 Å². The Labute approximate surface area is 118 Å². The van der Waals surface area contributed by atoms with Gasteiger partial charge in [-0.05, 0) is 44.0 Å². The maximum absolute atomic E-state index is 11.7. The number of ether oxygens (including phenoxy) is 1. The van der Waals surface area contributed by atoms with Crippen molar-refractivity contribution in [2.45, 2.75) is 12.8 Å². The van der Waals surface area contributed by atoms with Crippen LogP contribution < -0.4 is 10.6 Å². The summed E-state index contributed by atoms with van der Waals surface area (Å²) in [5, 5.41) is 6.58. The van der Waals surface area contributed by atoms with E-state index in [0.717, 1.165) is 19.5 Å². The summed E-state index contributed by atoms with van der Waals surface area (Å²) in [5.74, 6) is 0.518. The Morgan fingerprint density at radius 1 is 1.47 bits per heavy atom. The molecule has 1 saturated heterocycles. The summed E-state index contributed by atoms with van der Waals surface area (Å²) in [5.41, 5.74) is 0.623. The maximum Gasteiger partial charge on any atom is 0.250 e. The molecule has 0 radical (unpaired) electrons. The van der Waals surface area contributed by atoms with Gasteiger partial charge in [0.25, 0.3) is 0 Å². The zero-order valence-electron chi connectivity index (χ0n) is 10.8. The van der Waals surface area contributed by atoms with E-state index in [1.807, 2.05) is 12.1 Å². The first-order valence-corrected chi connectivity index (χ1v) is 6.96. The van der Waals surface area contributed by atoms with Crippen LogP contribution in [-0.2, 0) is 9.53 Å². The molecule has 2 rings (SSSR count). The van der Waals surface area contributed by atoms with E-state index in [2.05, 4.69) is 10.6 Å². The fourth-order valence-corrected chi connectivity index (χ4v) is 2.31. The van der Waals surface area contributed by atoms with Gasteiger partial charge in [0.15, 0.2) is 0 Å². The van der Waals surface area contributed by atoms with Gasteiger partial charge in [-0.25, -0.2) is 0 Å². The predicted molar refractivity (Wildman–Crippen MR) is 76.5 cm³/mol. The second kappa shape index (κ2) is 7.48. The standard InChI is InChI=1S/C14H19ClN2O2/c15-12-3-1-2-4-13(12)17-14(18)10-19-8-6-11-5-7-16-9-11/h1-4,11,16H,5-10H2,(H,17,18). The lowest BCUT2D eigenvalue weighted by Gasteiger charge is -2.09. The van der Waals surface area contributed by atoms with Crippen LogP contribution in [0.5, 0.6) is 0 Å². The summed E-state index contributed by atoms with van der Waals surface area (Å²) in [4.78, 5) is 11.7. The molecule has 5 heteroatoms. The van der Waals surface area contributed by atoms with Gasteiger partial charge in [-0.2, -0.15) is 0 Å². The van der Waals surface area contributed by atoms with Crippen molar-refractivity contribution in [3.8, 4) is 0 Å². The quantitative estimate of drug-likeness (QED) is 0.787. The molecule has 1 aromatic rings. The number of hydrogen-bond donors (Lipinski definition) is 2. The monoisotopic (exact) mass is 282 g/mol. The van der Waals surface area contributed by atoms with Crippen molar-refractivity contribution in [3.05, 3.63) is 29.3 Å². The molecule has 104 valence electrons. The molecule has 0 bridgehead atoms. The highest BCUT2D eigenvalue weighted by Crippen LogP contribution is 2.20. The van der Waals surface area contributed by atoms with E-state index in [0.29, 0.717) is 23.2 Å². The van der Waals surface area contributed by atoms with Gasteiger partial charge in [0, 0.05) is 6.61 Å². The Morgan fingerprint density at radius 2 is 2.32 bits per heavy atom. The summed E-state index contributed by atoms with van der Waals surface area (Å²) in [7, 11) is 0. The molecule has 2 N–H and O–H groups in total. The van der Waals surface area contributed by atoms with Crippen molar-refractivity contribution >= 4 is 23.2 Å². The molecule has 4 nitrogen and oxygen atoms in total. The minimum absolute atomic E-state index is 0.0748. The molecule has 1 aromatic carbocycles. The third kappa shape index (κ3) is 4.82. The smallest absolute Gasteiger partial charge is 0.250 e. The Kier molecular flexibility index (Phi) is 5.63. The lowest BCUT2D eigenvalue weighted by atomic mass is 10.1. The zero-order chi connectivity index (χ0) is 13.5. The van der Waals surface area contributed by atoms with Gasteiger partial charge in [0.2, 0.25) is 5.91 Å². The number of halogens is 1. The van der Waals surface area contributed by atoms with Crippen LogP contribution in [0, 0.1) is 5.92 Å². The SMILES string of the molecule is O=C(COCCC1CCNC1)Nc1ccccc1Cl. The summed E-state index contributed by atoms with van der Waals surface area (Å²) >= 11 is 5.95. The molecule has 1 atom stereocenters. The number of hydrogen-bond acceptors (Lipinski definition) is 3. The highest BCUT2D eigenvalue weighted by Gasteiger charge is 2.14. The van der Waals surface area contributed by atoms with Crippen LogP contribution >= 0.6 is 11.6 Å². The van der Waals surface area contributed by atoms with Gasteiger partial charge in [0.1, 0.15) is 6.61 Å². The van der Waals surface area contributed by atoms with Gasteiger partial charge in [-0.1, -0.05) is 23.7 Å². The topological polar surface area (TPSA) is 50.4 Å². The number of para-hydroxylation sites is 1.